The summed E-state index contributed by atoms with van der Waals surface area (Å²) in [7, 11) is 0. The minimum Gasteiger partial charge on any atom is -0.480 e. The summed E-state index contributed by atoms with van der Waals surface area (Å²) in [6.45, 7) is 4.82. The number of carbonyl (C=O) groups is 2. The highest BCUT2D eigenvalue weighted by Crippen LogP contribution is 2.30. The summed E-state index contributed by atoms with van der Waals surface area (Å²) in [5.41, 5.74) is 5.87. The highest BCUT2D eigenvalue weighted by Gasteiger charge is 2.17. The molecule has 178 valence electrons. The van der Waals surface area contributed by atoms with Crippen LogP contribution in [0, 0.1) is 6.92 Å². The number of hydrogen-bond donors (Lipinski definition) is 2. The van der Waals surface area contributed by atoms with Crippen molar-refractivity contribution in [1.82, 2.24) is 10.3 Å². The minimum atomic E-state index is -1.07. The third kappa shape index (κ3) is 6.33. The van der Waals surface area contributed by atoms with Crippen LogP contribution < -0.4 is 10.2 Å². The molecule has 6 nitrogen and oxygen atoms in total. The first-order valence-corrected chi connectivity index (χ1v) is 12.2. The molecule has 0 aliphatic heterocycles. The molecule has 1 aromatic heterocycles. The summed E-state index contributed by atoms with van der Waals surface area (Å²) in [5.74, 6) is -1.48. The van der Waals surface area contributed by atoms with Gasteiger partial charge in [0.2, 0.25) is 0 Å². The number of aromatic nitrogens is 1. The Labute approximate surface area is 208 Å². The molecule has 0 bridgehead atoms. The number of thiazole rings is 1. The molecule has 35 heavy (non-hydrogen) atoms. The van der Waals surface area contributed by atoms with Gasteiger partial charge < -0.3 is 15.3 Å². The Morgan fingerprint density at radius 3 is 2.20 bits per heavy atom. The molecule has 1 unspecified atom stereocenters. The zero-order valence-corrected chi connectivity index (χ0v) is 20.5. The van der Waals surface area contributed by atoms with E-state index in [1.165, 1.54) is 18.1 Å². The van der Waals surface area contributed by atoms with Gasteiger partial charge in [0, 0.05) is 29.6 Å². The minimum absolute atomic E-state index is 0.407. The van der Waals surface area contributed by atoms with Crippen LogP contribution in [0.25, 0.3) is 11.3 Å². The number of aliphatic carboxylic acids is 1. The third-order valence-electron chi connectivity index (χ3n) is 5.63. The Hall–Kier alpha value is -3.97. The number of amides is 1. The van der Waals surface area contributed by atoms with Gasteiger partial charge in [-0.2, -0.15) is 0 Å². The van der Waals surface area contributed by atoms with E-state index in [0.29, 0.717) is 18.7 Å². The van der Waals surface area contributed by atoms with Crippen molar-refractivity contribution in [2.24, 2.45) is 0 Å². The van der Waals surface area contributed by atoms with Gasteiger partial charge in [0.15, 0.2) is 5.13 Å². The van der Waals surface area contributed by atoms with Gasteiger partial charge >= 0.3 is 5.97 Å². The van der Waals surface area contributed by atoms with E-state index in [0.717, 1.165) is 22.0 Å². The lowest BCUT2D eigenvalue weighted by atomic mass is 10.1. The van der Waals surface area contributed by atoms with Crippen LogP contribution in [0.2, 0.25) is 0 Å². The molecule has 2 N–H and O–H groups in total. The molecule has 0 saturated carbocycles. The van der Waals surface area contributed by atoms with E-state index in [2.05, 4.69) is 58.9 Å². The number of rotatable bonds is 9. The average Bonchev–Trinajstić information content (AvgIpc) is 3.35. The van der Waals surface area contributed by atoms with Crippen LogP contribution in [0.4, 0.5) is 5.13 Å². The van der Waals surface area contributed by atoms with Crippen LogP contribution in [-0.2, 0) is 17.9 Å². The van der Waals surface area contributed by atoms with Gasteiger partial charge in [0.05, 0.1) is 5.69 Å². The molecule has 4 rings (SSSR count). The molecule has 1 heterocycles. The van der Waals surface area contributed by atoms with Gasteiger partial charge in [-0.15, -0.1) is 11.3 Å². The highest BCUT2D eigenvalue weighted by atomic mass is 32.1. The molecule has 4 aromatic rings. The topological polar surface area (TPSA) is 82.5 Å². The van der Waals surface area contributed by atoms with Gasteiger partial charge in [0.1, 0.15) is 6.04 Å². The zero-order valence-electron chi connectivity index (χ0n) is 19.6. The van der Waals surface area contributed by atoms with Crippen molar-refractivity contribution in [3.05, 3.63) is 106 Å². The predicted octanol–water partition coefficient (Wildman–Crippen LogP) is 5.53. The van der Waals surface area contributed by atoms with Crippen molar-refractivity contribution in [2.45, 2.75) is 33.0 Å². The molecule has 0 aliphatic rings. The van der Waals surface area contributed by atoms with E-state index in [4.69, 9.17) is 10.1 Å². The zero-order chi connectivity index (χ0) is 24.8. The molecule has 1 amide bonds. The number of hydrogen-bond acceptors (Lipinski definition) is 5. The maximum Gasteiger partial charge on any atom is 0.325 e. The Morgan fingerprint density at radius 2 is 1.57 bits per heavy atom. The Kier molecular flexibility index (Phi) is 7.57. The van der Waals surface area contributed by atoms with Crippen molar-refractivity contribution in [3.8, 4) is 11.3 Å². The number of nitrogens with zero attached hydrogens (tertiary/aromatic N) is 2. The highest BCUT2D eigenvalue weighted by molar-refractivity contribution is 7.14. The van der Waals surface area contributed by atoms with E-state index < -0.39 is 17.9 Å². The Morgan fingerprint density at radius 1 is 0.943 bits per heavy atom. The second kappa shape index (κ2) is 11.0. The molecule has 1 atom stereocenters. The van der Waals surface area contributed by atoms with Crippen molar-refractivity contribution < 1.29 is 14.7 Å². The standard InChI is InChI=1S/C28H27N3O3S/c1-19-8-12-23(13-9-19)25-18-35-28(30-25)31(16-21-6-4-3-5-7-21)17-22-10-14-24(15-11-22)26(32)29-20(2)27(33)34/h3-15,18,20H,16-17H2,1-2H3,(H,29,32)(H,33,34). The van der Waals surface area contributed by atoms with Crippen molar-refractivity contribution in [2.75, 3.05) is 4.90 Å². The number of carboxylic acid groups (broad SMARTS) is 1. The largest absolute Gasteiger partial charge is 0.480 e. The lowest BCUT2D eigenvalue weighted by Gasteiger charge is -2.22. The van der Waals surface area contributed by atoms with Crippen molar-refractivity contribution >= 4 is 28.3 Å². The molecular formula is C28H27N3O3S. The number of aryl methyl sites for hydroxylation is 1. The van der Waals surface area contributed by atoms with Crippen molar-refractivity contribution in [1.29, 1.82) is 0 Å². The SMILES string of the molecule is Cc1ccc(-c2csc(N(Cc3ccccc3)Cc3ccc(C(=O)NC(C)C(=O)O)cc3)n2)cc1. The smallest absolute Gasteiger partial charge is 0.325 e. The van der Waals surface area contributed by atoms with Crippen molar-refractivity contribution in [3.63, 3.8) is 0 Å². The molecule has 3 aromatic carbocycles. The van der Waals surface area contributed by atoms with Crippen LogP contribution in [-0.4, -0.2) is 28.0 Å². The van der Waals surface area contributed by atoms with E-state index >= 15 is 0 Å². The fraction of sp³-hybridized carbons (Fsp3) is 0.179. The third-order valence-corrected chi connectivity index (χ3v) is 6.54. The fourth-order valence-electron chi connectivity index (χ4n) is 3.59. The van der Waals surface area contributed by atoms with Crippen LogP contribution in [0.1, 0.15) is 34.0 Å². The van der Waals surface area contributed by atoms with E-state index in [9.17, 15) is 9.59 Å². The maximum absolute atomic E-state index is 12.3. The first-order valence-electron chi connectivity index (χ1n) is 11.3. The van der Waals surface area contributed by atoms with Gasteiger partial charge in [-0.1, -0.05) is 72.3 Å². The molecular weight excluding hydrogens is 458 g/mol. The second-order valence-corrected chi connectivity index (χ2v) is 9.29. The van der Waals surface area contributed by atoms with Gasteiger partial charge in [0.25, 0.3) is 5.91 Å². The molecule has 0 fully saturated rings. The van der Waals surface area contributed by atoms with Gasteiger partial charge in [-0.3, -0.25) is 9.59 Å². The summed E-state index contributed by atoms with van der Waals surface area (Å²) < 4.78 is 0. The number of carbonyl (C=O) groups excluding carboxylic acids is 1. The van der Waals surface area contributed by atoms with E-state index in [1.54, 1.807) is 23.5 Å². The first kappa shape index (κ1) is 24.2. The summed E-state index contributed by atoms with van der Waals surface area (Å²) in [6, 6.07) is 24.9. The fourth-order valence-corrected chi connectivity index (χ4v) is 4.42. The summed E-state index contributed by atoms with van der Waals surface area (Å²) in [5, 5.41) is 14.5. The van der Waals surface area contributed by atoms with E-state index in [1.807, 2.05) is 30.3 Å². The quantitative estimate of drug-likeness (QED) is 0.326. The Balaban J connectivity index is 1.54. The molecule has 0 spiro atoms. The van der Waals surface area contributed by atoms with Crippen LogP contribution in [0.15, 0.2) is 84.2 Å². The second-order valence-electron chi connectivity index (χ2n) is 8.45. The number of benzene rings is 3. The number of carboxylic acids is 1. The number of nitrogens with one attached hydrogen (secondary N) is 1. The number of anilines is 1. The lowest BCUT2D eigenvalue weighted by Crippen LogP contribution is -2.38. The normalized spacial score (nSPS) is 11.6. The molecule has 7 heteroatoms. The lowest BCUT2D eigenvalue weighted by molar-refractivity contribution is -0.138. The summed E-state index contributed by atoms with van der Waals surface area (Å²) in [6.07, 6.45) is 0. The van der Waals surface area contributed by atoms with E-state index in [-0.39, 0.29) is 0 Å². The van der Waals surface area contributed by atoms with Crippen LogP contribution in [0.5, 0.6) is 0 Å². The first-order chi connectivity index (χ1) is 16.9. The predicted molar refractivity (Wildman–Crippen MR) is 140 cm³/mol. The van der Waals surface area contributed by atoms with Gasteiger partial charge in [-0.25, -0.2) is 4.98 Å². The monoisotopic (exact) mass is 485 g/mol. The van der Waals surface area contributed by atoms with Gasteiger partial charge in [-0.05, 0) is 37.1 Å². The Bertz CT molecular complexity index is 1290. The molecule has 0 saturated heterocycles. The maximum atomic E-state index is 12.3. The van der Waals surface area contributed by atoms with Crippen LogP contribution >= 0.6 is 11.3 Å². The van der Waals surface area contributed by atoms with Crippen LogP contribution in [0.3, 0.4) is 0 Å². The molecule has 0 aliphatic carbocycles. The summed E-state index contributed by atoms with van der Waals surface area (Å²) >= 11 is 1.61. The molecule has 0 radical (unpaired) electrons. The average molecular weight is 486 g/mol. The summed E-state index contributed by atoms with van der Waals surface area (Å²) in [4.78, 5) is 30.5.